The first-order chi connectivity index (χ1) is 9.13. The van der Waals surface area contributed by atoms with E-state index in [1.807, 2.05) is 0 Å². The van der Waals surface area contributed by atoms with Crippen molar-refractivity contribution in [2.24, 2.45) is 0 Å². The standard InChI is InChI=1S/C14H20O4S/c1-2-3-8-18-9-10-19(17)13-6-4-12(5-7-13)11-14(15)16/h4-7H,2-3,8-11H2,1H3,(H,15,16). The number of unbranched alkanes of at least 4 members (excludes halogenated alkanes) is 1. The van der Waals surface area contributed by atoms with Gasteiger partial charge in [-0.2, -0.15) is 0 Å². The van der Waals surface area contributed by atoms with Crippen LogP contribution in [0, 0.1) is 0 Å². The first kappa shape index (κ1) is 15.9. The third kappa shape index (κ3) is 6.50. The fraction of sp³-hybridized carbons (Fsp3) is 0.500. The zero-order chi connectivity index (χ0) is 14.1. The number of benzene rings is 1. The van der Waals surface area contributed by atoms with Gasteiger partial charge in [-0.25, -0.2) is 0 Å². The van der Waals surface area contributed by atoms with Crippen LogP contribution in [0.3, 0.4) is 0 Å². The normalized spacial score (nSPS) is 12.3. The number of carboxylic acids is 1. The molecule has 0 saturated carbocycles. The maximum Gasteiger partial charge on any atom is 0.307 e. The van der Waals surface area contributed by atoms with Crippen molar-refractivity contribution in [1.82, 2.24) is 0 Å². The second-order valence-corrected chi connectivity index (χ2v) is 5.80. The molecule has 1 aromatic carbocycles. The summed E-state index contributed by atoms with van der Waals surface area (Å²) in [5.74, 6) is -0.389. The van der Waals surface area contributed by atoms with Crippen LogP contribution in [-0.2, 0) is 26.8 Å². The molecule has 1 rings (SSSR count). The van der Waals surface area contributed by atoms with Crippen molar-refractivity contribution < 1.29 is 18.8 Å². The summed E-state index contributed by atoms with van der Waals surface area (Å²) in [5, 5.41) is 8.66. The lowest BCUT2D eigenvalue weighted by atomic mass is 10.2. The summed E-state index contributed by atoms with van der Waals surface area (Å²) in [4.78, 5) is 11.3. The zero-order valence-corrected chi connectivity index (χ0v) is 11.9. The fourth-order valence-corrected chi connectivity index (χ4v) is 2.48. The lowest BCUT2D eigenvalue weighted by Crippen LogP contribution is -2.07. The van der Waals surface area contributed by atoms with E-state index < -0.39 is 16.8 Å². The molecule has 0 aliphatic heterocycles. The van der Waals surface area contributed by atoms with Crippen LogP contribution in [0.1, 0.15) is 25.3 Å². The van der Waals surface area contributed by atoms with Gasteiger partial charge < -0.3 is 9.84 Å². The minimum absolute atomic E-state index is 0.00690. The maximum atomic E-state index is 11.9. The molecule has 1 atom stereocenters. The van der Waals surface area contributed by atoms with Gasteiger partial charge in [-0.3, -0.25) is 9.00 Å². The molecule has 0 fully saturated rings. The van der Waals surface area contributed by atoms with Crippen molar-refractivity contribution >= 4 is 16.8 Å². The zero-order valence-electron chi connectivity index (χ0n) is 11.1. The molecular formula is C14H20O4S. The molecule has 0 bridgehead atoms. The van der Waals surface area contributed by atoms with E-state index in [4.69, 9.17) is 9.84 Å². The molecule has 0 aromatic heterocycles. The number of rotatable bonds is 9. The van der Waals surface area contributed by atoms with E-state index in [1.54, 1.807) is 24.3 Å². The van der Waals surface area contributed by atoms with Crippen LogP contribution in [0.5, 0.6) is 0 Å². The summed E-state index contributed by atoms with van der Waals surface area (Å²) in [6, 6.07) is 6.86. The molecule has 0 heterocycles. The first-order valence-electron chi connectivity index (χ1n) is 6.40. The van der Waals surface area contributed by atoms with Crippen LogP contribution in [0.15, 0.2) is 29.2 Å². The van der Waals surface area contributed by atoms with Crippen molar-refractivity contribution in [1.29, 1.82) is 0 Å². The molecule has 106 valence electrons. The van der Waals surface area contributed by atoms with Gasteiger partial charge in [0.2, 0.25) is 0 Å². The third-order valence-corrected chi connectivity index (χ3v) is 3.93. The average Bonchev–Trinajstić information content (AvgIpc) is 2.38. The number of carbonyl (C=O) groups is 1. The number of aliphatic carboxylic acids is 1. The Morgan fingerprint density at radius 3 is 2.53 bits per heavy atom. The molecule has 0 spiro atoms. The summed E-state index contributed by atoms with van der Waals surface area (Å²) in [7, 11) is -1.08. The van der Waals surface area contributed by atoms with E-state index in [0.717, 1.165) is 12.8 Å². The van der Waals surface area contributed by atoms with Gasteiger partial charge in [0.15, 0.2) is 0 Å². The Morgan fingerprint density at radius 2 is 1.95 bits per heavy atom. The SMILES string of the molecule is CCCCOCCS(=O)c1ccc(CC(=O)O)cc1. The fourth-order valence-electron chi connectivity index (χ4n) is 1.53. The second kappa shape index (κ2) is 8.82. The highest BCUT2D eigenvalue weighted by atomic mass is 32.2. The van der Waals surface area contributed by atoms with Gasteiger partial charge in [0.1, 0.15) is 0 Å². The van der Waals surface area contributed by atoms with Crippen molar-refractivity contribution in [3.8, 4) is 0 Å². The maximum absolute atomic E-state index is 11.9. The van der Waals surface area contributed by atoms with Crippen LogP contribution in [-0.4, -0.2) is 34.3 Å². The molecule has 0 aliphatic carbocycles. The van der Waals surface area contributed by atoms with Gasteiger partial charge in [0.25, 0.3) is 0 Å². The minimum Gasteiger partial charge on any atom is -0.481 e. The number of carboxylic acid groups (broad SMARTS) is 1. The third-order valence-electron chi connectivity index (χ3n) is 2.60. The molecule has 19 heavy (non-hydrogen) atoms. The van der Waals surface area contributed by atoms with Crippen LogP contribution in [0.4, 0.5) is 0 Å². The Labute approximate surface area is 116 Å². The van der Waals surface area contributed by atoms with Crippen LogP contribution < -0.4 is 0 Å². The highest BCUT2D eigenvalue weighted by Crippen LogP contribution is 2.10. The van der Waals surface area contributed by atoms with Gasteiger partial charge in [-0.05, 0) is 24.1 Å². The predicted molar refractivity (Wildman–Crippen MR) is 74.8 cm³/mol. The second-order valence-electron chi connectivity index (χ2n) is 4.23. The monoisotopic (exact) mass is 284 g/mol. The van der Waals surface area contributed by atoms with Gasteiger partial charge >= 0.3 is 5.97 Å². The van der Waals surface area contributed by atoms with Crippen molar-refractivity contribution in [3.63, 3.8) is 0 Å². The largest absolute Gasteiger partial charge is 0.481 e. The molecule has 5 heteroatoms. The Hall–Kier alpha value is -1.20. The Morgan fingerprint density at radius 1 is 1.26 bits per heavy atom. The lowest BCUT2D eigenvalue weighted by molar-refractivity contribution is -0.136. The summed E-state index contributed by atoms with van der Waals surface area (Å²) in [6.07, 6.45) is 2.11. The van der Waals surface area contributed by atoms with Crippen molar-refractivity contribution in [2.45, 2.75) is 31.1 Å². The first-order valence-corrected chi connectivity index (χ1v) is 7.72. The van der Waals surface area contributed by atoms with Crippen LogP contribution in [0.2, 0.25) is 0 Å². The van der Waals surface area contributed by atoms with E-state index in [9.17, 15) is 9.00 Å². The number of hydrogen-bond donors (Lipinski definition) is 1. The van der Waals surface area contributed by atoms with E-state index >= 15 is 0 Å². The summed E-state index contributed by atoms with van der Waals surface area (Å²) >= 11 is 0. The number of ether oxygens (including phenoxy) is 1. The molecule has 0 aliphatic rings. The Kier molecular flexibility index (Phi) is 7.36. The predicted octanol–water partition coefficient (Wildman–Crippen LogP) is 2.24. The van der Waals surface area contributed by atoms with Crippen LogP contribution in [0.25, 0.3) is 0 Å². The Balaban J connectivity index is 2.38. The average molecular weight is 284 g/mol. The summed E-state index contributed by atoms with van der Waals surface area (Å²) in [6.45, 7) is 3.30. The molecule has 1 aromatic rings. The summed E-state index contributed by atoms with van der Waals surface area (Å²) in [5.41, 5.74) is 0.715. The molecule has 0 amide bonds. The number of hydrogen-bond acceptors (Lipinski definition) is 3. The summed E-state index contributed by atoms with van der Waals surface area (Å²) < 4.78 is 17.3. The Bertz CT molecular complexity index is 414. The highest BCUT2D eigenvalue weighted by molar-refractivity contribution is 7.85. The van der Waals surface area contributed by atoms with Crippen molar-refractivity contribution in [3.05, 3.63) is 29.8 Å². The van der Waals surface area contributed by atoms with Gasteiger partial charge in [-0.15, -0.1) is 0 Å². The van der Waals surface area contributed by atoms with Gasteiger partial charge in [0.05, 0.1) is 29.6 Å². The molecule has 0 saturated heterocycles. The van der Waals surface area contributed by atoms with Gasteiger partial charge in [0, 0.05) is 11.5 Å². The smallest absolute Gasteiger partial charge is 0.307 e. The molecule has 1 N–H and O–H groups in total. The van der Waals surface area contributed by atoms with Crippen molar-refractivity contribution in [2.75, 3.05) is 19.0 Å². The topological polar surface area (TPSA) is 63.6 Å². The molecule has 0 radical (unpaired) electrons. The van der Waals surface area contributed by atoms with E-state index in [1.165, 1.54) is 0 Å². The van der Waals surface area contributed by atoms with Gasteiger partial charge in [-0.1, -0.05) is 25.5 Å². The van der Waals surface area contributed by atoms with E-state index in [0.29, 0.717) is 29.4 Å². The minimum atomic E-state index is -1.08. The molecular weight excluding hydrogens is 264 g/mol. The molecule has 4 nitrogen and oxygen atoms in total. The van der Waals surface area contributed by atoms with Crippen LogP contribution >= 0.6 is 0 Å². The van der Waals surface area contributed by atoms with E-state index in [-0.39, 0.29) is 6.42 Å². The molecule has 1 unspecified atom stereocenters. The highest BCUT2D eigenvalue weighted by Gasteiger charge is 2.05. The quantitative estimate of drug-likeness (QED) is 0.706. The van der Waals surface area contributed by atoms with E-state index in [2.05, 4.69) is 6.92 Å². The lowest BCUT2D eigenvalue weighted by Gasteiger charge is -2.05.